The lowest BCUT2D eigenvalue weighted by Crippen LogP contribution is -2.34. The van der Waals surface area contributed by atoms with E-state index in [1.54, 1.807) is 16.1 Å². The van der Waals surface area contributed by atoms with Crippen molar-refractivity contribution in [2.45, 2.75) is 31.6 Å². The van der Waals surface area contributed by atoms with E-state index in [2.05, 4.69) is 36.6 Å². The summed E-state index contributed by atoms with van der Waals surface area (Å²) in [6.45, 7) is 7.03. The Hall–Kier alpha value is -0.630. The van der Waals surface area contributed by atoms with E-state index in [1.165, 1.54) is 42.8 Å². The van der Waals surface area contributed by atoms with Crippen molar-refractivity contribution in [1.29, 1.82) is 0 Å². The minimum atomic E-state index is 1.24. The van der Waals surface area contributed by atoms with E-state index in [0.717, 1.165) is 0 Å². The Morgan fingerprint density at radius 3 is 3.00 bits per heavy atom. The van der Waals surface area contributed by atoms with Gasteiger partial charge < -0.3 is 4.90 Å². The van der Waals surface area contributed by atoms with Gasteiger partial charge in [-0.25, -0.2) is 0 Å². The maximum Gasteiger partial charge on any atom is 0.0540 e. The molecule has 0 radical (unpaired) electrons. The smallest absolute Gasteiger partial charge is 0.0540 e. The zero-order chi connectivity index (χ0) is 10.4. The molecule has 0 fully saturated rings. The molecule has 1 aromatic rings. The van der Waals surface area contributed by atoms with Crippen LogP contribution >= 0.6 is 11.8 Å². The van der Waals surface area contributed by atoms with Crippen molar-refractivity contribution in [3.63, 3.8) is 0 Å². The Bertz CT molecular complexity index is 409. The van der Waals surface area contributed by atoms with E-state index in [4.69, 9.17) is 0 Å². The molecule has 15 heavy (non-hydrogen) atoms. The summed E-state index contributed by atoms with van der Waals surface area (Å²) in [6, 6.07) is 2.41. The van der Waals surface area contributed by atoms with Crippen LogP contribution in [-0.4, -0.2) is 18.8 Å². The first kappa shape index (κ1) is 9.59. The fourth-order valence-electron chi connectivity index (χ4n) is 2.71. The van der Waals surface area contributed by atoms with E-state index in [9.17, 15) is 0 Å². The van der Waals surface area contributed by atoms with Crippen molar-refractivity contribution in [1.82, 2.24) is 0 Å². The number of rotatable bonds is 0. The Morgan fingerprint density at radius 2 is 2.13 bits per heavy atom. The lowest BCUT2D eigenvalue weighted by molar-refractivity contribution is 0.694. The summed E-state index contributed by atoms with van der Waals surface area (Å²) < 4.78 is 0. The monoisotopic (exact) mass is 219 g/mol. The van der Waals surface area contributed by atoms with Gasteiger partial charge in [0.2, 0.25) is 0 Å². The highest BCUT2D eigenvalue weighted by molar-refractivity contribution is 7.99. The second-order valence-corrected chi connectivity index (χ2v) is 5.70. The standard InChI is InChI=1S/C13H17NS/c1-9-8-11-4-3-5-14-6-7-15-13(10(9)2)12(11)14/h8H,3-7H2,1-2H3. The van der Waals surface area contributed by atoms with Crippen LogP contribution in [-0.2, 0) is 6.42 Å². The Morgan fingerprint density at radius 1 is 1.27 bits per heavy atom. The molecule has 2 aliphatic rings. The van der Waals surface area contributed by atoms with Crippen molar-refractivity contribution in [3.8, 4) is 0 Å². The lowest BCUT2D eigenvalue weighted by Gasteiger charge is -2.37. The number of anilines is 1. The number of benzene rings is 1. The zero-order valence-electron chi connectivity index (χ0n) is 9.47. The number of hydrogen-bond donors (Lipinski definition) is 0. The molecule has 0 N–H and O–H groups in total. The molecule has 2 aliphatic heterocycles. The van der Waals surface area contributed by atoms with Crippen LogP contribution in [0.4, 0.5) is 5.69 Å². The van der Waals surface area contributed by atoms with Gasteiger partial charge in [-0.15, -0.1) is 11.8 Å². The molecule has 0 aromatic heterocycles. The summed E-state index contributed by atoms with van der Waals surface area (Å²) in [5.41, 5.74) is 6.14. The van der Waals surface area contributed by atoms with E-state index < -0.39 is 0 Å². The van der Waals surface area contributed by atoms with Crippen molar-refractivity contribution >= 4 is 17.4 Å². The van der Waals surface area contributed by atoms with Crippen molar-refractivity contribution in [2.24, 2.45) is 0 Å². The molecule has 0 unspecified atom stereocenters. The van der Waals surface area contributed by atoms with Crippen LogP contribution in [0.5, 0.6) is 0 Å². The topological polar surface area (TPSA) is 3.24 Å². The van der Waals surface area contributed by atoms with Gasteiger partial charge in [-0.3, -0.25) is 0 Å². The second kappa shape index (κ2) is 3.44. The third-order valence-electron chi connectivity index (χ3n) is 3.64. The van der Waals surface area contributed by atoms with Gasteiger partial charge in [0.05, 0.1) is 5.69 Å². The average Bonchev–Trinajstić information content (AvgIpc) is 2.26. The first-order chi connectivity index (χ1) is 7.27. The fourth-order valence-corrected chi connectivity index (χ4v) is 4.00. The number of nitrogens with zero attached hydrogens (tertiary/aromatic N) is 1. The molecule has 80 valence electrons. The highest BCUT2D eigenvalue weighted by Crippen LogP contribution is 2.43. The van der Waals surface area contributed by atoms with E-state index >= 15 is 0 Å². The summed E-state index contributed by atoms with van der Waals surface area (Å²) >= 11 is 2.05. The van der Waals surface area contributed by atoms with E-state index in [1.807, 2.05) is 0 Å². The molecule has 2 heterocycles. The van der Waals surface area contributed by atoms with Gasteiger partial charge in [-0.2, -0.15) is 0 Å². The van der Waals surface area contributed by atoms with Gasteiger partial charge in [-0.05, 0) is 43.4 Å². The number of thioether (sulfide) groups is 1. The van der Waals surface area contributed by atoms with Gasteiger partial charge in [0, 0.05) is 23.7 Å². The van der Waals surface area contributed by atoms with E-state index in [0.29, 0.717) is 0 Å². The second-order valence-electron chi connectivity index (χ2n) is 4.59. The SMILES string of the molecule is Cc1cc2c3c(c1C)SCCN3CCC2. The molecule has 0 saturated carbocycles. The predicted octanol–water partition coefficient (Wildman–Crippen LogP) is 3.16. The first-order valence-corrected chi connectivity index (χ1v) is 6.77. The largest absolute Gasteiger partial charge is 0.370 e. The lowest BCUT2D eigenvalue weighted by atomic mass is 9.96. The number of aryl methyl sites for hydroxylation is 2. The number of hydrogen-bond acceptors (Lipinski definition) is 2. The molecule has 0 aliphatic carbocycles. The van der Waals surface area contributed by atoms with Crippen LogP contribution < -0.4 is 4.90 Å². The normalized spacial score (nSPS) is 18.9. The zero-order valence-corrected chi connectivity index (χ0v) is 10.3. The molecule has 2 heteroatoms. The summed E-state index contributed by atoms with van der Waals surface area (Å²) in [4.78, 5) is 4.16. The molecule has 0 spiro atoms. The van der Waals surface area contributed by atoms with E-state index in [-0.39, 0.29) is 0 Å². The molecular formula is C13H17NS. The molecule has 0 saturated heterocycles. The van der Waals surface area contributed by atoms with Gasteiger partial charge in [-0.1, -0.05) is 6.07 Å². The minimum Gasteiger partial charge on any atom is -0.370 e. The highest BCUT2D eigenvalue weighted by atomic mass is 32.2. The third-order valence-corrected chi connectivity index (χ3v) is 4.81. The molecule has 0 amide bonds. The molecular weight excluding hydrogens is 202 g/mol. The highest BCUT2D eigenvalue weighted by Gasteiger charge is 2.25. The van der Waals surface area contributed by atoms with Crippen LogP contribution in [0.1, 0.15) is 23.1 Å². The quantitative estimate of drug-likeness (QED) is 0.659. The van der Waals surface area contributed by atoms with Crippen LogP contribution in [0.2, 0.25) is 0 Å². The maximum absolute atomic E-state index is 2.59. The third kappa shape index (κ3) is 1.38. The molecule has 0 atom stereocenters. The summed E-state index contributed by atoms with van der Waals surface area (Å²) in [5.74, 6) is 1.26. The van der Waals surface area contributed by atoms with Gasteiger partial charge in [0.15, 0.2) is 0 Å². The first-order valence-electron chi connectivity index (χ1n) is 5.78. The van der Waals surface area contributed by atoms with Crippen LogP contribution in [0.3, 0.4) is 0 Å². The van der Waals surface area contributed by atoms with Crippen LogP contribution in [0.15, 0.2) is 11.0 Å². The minimum absolute atomic E-state index is 1.24. The average molecular weight is 219 g/mol. The molecule has 1 nitrogen and oxygen atoms in total. The Labute approximate surface area is 95.9 Å². The molecule has 3 rings (SSSR count). The van der Waals surface area contributed by atoms with Gasteiger partial charge >= 0.3 is 0 Å². The van der Waals surface area contributed by atoms with Gasteiger partial charge in [0.25, 0.3) is 0 Å². The summed E-state index contributed by atoms with van der Waals surface area (Å²) in [5, 5.41) is 0. The van der Waals surface area contributed by atoms with Crippen molar-refractivity contribution in [2.75, 3.05) is 23.7 Å². The van der Waals surface area contributed by atoms with Crippen LogP contribution in [0.25, 0.3) is 0 Å². The predicted molar refractivity (Wildman–Crippen MR) is 67.2 cm³/mol. The summed E-state index contributed by atoms with van der Waals surface area (Å²) in [7, 11) is 0. The van der Waals surface area contributed by atoms with Crippen molar-refractivity contribution in [3.05, 3.63) is 22.8 Å². The van der Waals surface area contributed by atoms with Gasteiger partial charge in [0.1, 0.15) is 0 Å². The fraction of sp³-hybridized carbons (Fsp3) is 0.538. The molecule has 0 bridgehead atoms. The van der Waals surface area contributed by atoms with Crippen LogP contribution in [0, 0.1) is 13.8 Å². The molecule has 1 aromatic carbocycles. The maximum atomic E-state index is 2.59. The Kier molecular flexibility index (Phi) is 2.20. The van der Waals surface area contributed by atoms with Crippen molar-refractivity contribution < 1.29 is 0 Å². The Balaban J connectivity index is 2.25. The summed E-state index contributed by atoms with van der Waals surface area (Å²) in [6.07, 6.45) is 2.61.